The predicted molar refractivity (Wildman–Crippen MR) is 119 cm³/mol. The lowest BCUT2D eigenvalue weighted by Crippen LogP contribution is -2.36. The van der Waals surface area contributed by atoms with Crippen molar-refractivity contribution in [3.05, 3.63) is 58.7 Å². The number of nitrogens with zero attached hydrogens (tertiary/aromatic N) is 2. The fourth-order valence-corrected chi connectivity index (χ4v) is 4.77. The number of amides is 1. The number of methoxy groups -OCH3 is 2. The molecule has 1 heterocycles. The van der Waals surface area contributed by atoms with Crippen molar-refractivity contribution in [2.45, 2.75) is 31.6 Å². The van der Waals surface area contributed by atoms with E-state index in [4.69, 9.17) is 9.47 Å². The molecule has 0 saturated heterocycles. The highest BCUT2D eigenvalue weighted by Crippen LogP contribution is 2.42. The van der Waals surface area contributed by atoms with E-state index in [0.29, 0.717) is 12.3 Å². The van der Waals surface area contributed by atoms with Crippen LogP contribution in [0.4, 0.5) is 0 Å². The minimum absolute atomic E-state index is 0.261. The number of likely N-dealkylation sites (N-methyl/N-ethyl adjacent to an activating group) is 1. The van der Waals surface area contributed by atoms with Gasteiger partial charge in [0.05, 0.1) is 20.6 Å². The summed E-state index contributed by atoms with van der Waals surface area (Å²) in [6.45, 7) is 3.69. The van der Waals surface area contributed by atoms with Gasteiger partial charge in [-0.25, -0.2) is 0 Å². The highest BCUT2D eigenvalue weighted by atomic mass is 16.5. The summed E-state index contributed by atoms with van der Waals surface area (Å²) in [6.07, 6.45) is 3.59. The van der Waals surface area contributed by atoms with Crippen LogP contribution in [0.15, 0.2) is 36.4 Å². The summed E-state index contributed by atoms with van der Waals surface area (Å²) >= 11 is 0. The maximum absolute atomic E-state index is 12.6. The Balaban J connectivity index is 1.25. The highest BCUT2D eigenvalue weighted by molar-refractivity contribution is 5.79. The molecule has 2 aliphatic rings. The molecule has 1 unspecified atom stereocenters. The number of rotatable bonds is 8. The monoisotopic (exact) mass is 408 g/mol. The molecule has 0 fully saturated rings. The topological polar surface area (TPSA) is 42.0 Å². The molecule has 4 rings (SSSR count). The summed E-state index contributed by atoms with van der Waals surface area (Å²) in [5.74, 6) is 2.42. The Bertz CT molecular complexity index is 911. The number of carbonyl (C=O) groups is 1. The molecule has 5 nitrogen and oxygen atoms in total. The molecule has 0 bridgehead atoms. The Hall–Kier alpha value is -2.53. The number of fused-ring (bicyclic) bond motifs is 2. The van der Waals surface area contributed by atoms with Gasteiger partial charge in [0.1, 0.15) is 0 Å². The van der Waals surface area contributed by atoms with E-state index in [9.17, 15) is 4.79 Å². The molecule has 1 aliphatic heterocycles. The first-order chi connectivity index (χ1) is 14.6. The Morgan fingerprint density at radius 1 is 1.07 bits per heavy atom. The third kappa shape index (κ3) is 4.31. The van der Waals surface area contributed by atoms with E-state index in [1.54, 1.807) is 14.2 Å². The number of benzene rings is 2. The molecule has 1 amide bonds. The molecule has 1 aliphatic carbocycles. The Morgan fingerprint density at radius 3 is 2.57 bits per heavy atom. The van der Waals surface area contributed by atoms with Crippen LogP contribution in [-0.2, 0) is 24.1 Å². The van der Waals surface area contributed by atoms with Crippen LogP contribution in [0.25, 0.3) is 0 Å². The quantitative estimate of drug-likeness (QED) is 0.672. The van der Waals surface area contributed by atoms with Crippen molar-refractivity contribution in [2.75, 3.05) is 47.4 Å². The maximum Gasteiger partial charge on any atom is 0.227 e. The summed E-state index contributed by atoms with van der Waals surface area (Å²) in [5, 5.41) is 0. The van der Waals surface area contributed by atoms with Gasteiger partial charge in [-0.2, -0.15) is 0 Å². The van der Waals surface area contributed by atoms with Gasteiger partial charge < -0.3 is 19.3 Å². The first kappa shape index (κ1) is 20.7. The van der Waals surface area contributed by atoms with Crippen molar-refractivity contribution in [2.24, 2.45) is 0 Å². The van der Waals surface area contributed by atoms with Crippen molar-refractivity contribution in [1.29, 1.82) is 0 Å². The SMILES string of the molecule is COc1cc2c(cc1OC)C(CN(C)CCCN1CCc3ccccc3CC1=O)C2. The van der Waals surface area contributed by atoms with Crippen LogP contribution in [0.2, 0.25) is 0 Å². The average Bonchev–Trinajstić information content (AvgIpc) is 2.90. The molecule has 2 aromatic rings. The molecule has 0 aromatic heterocycles. The summed E-state index contributed by atoms with van der Waals surface area (Å²) < 4.78 is 10.9. The van der Waals surface area contributed by atoms with Gasteiger partial charge in [0.2, 0.25) is 5.91 Å². The van der Waals surface area contributed by atoms with Crippen LogP contribution in [0.1, 0.15) is 34.6 Å². The predicted octanol–water partition coefficient (Wildman–Crippen LogP) is 3.29. The van der Waals surface area contributed by atoms with Crippen LogP contribution >= 0.6 is 0 Å². The minimum atomic E-state index is 0.261. The lowest BCUT2D eigenvalue weighted by Gasteiger charge is -2.34. The van der Waals surface area contributed by atoms with Gasteiger partial charge in [0, 0.05) is 25.6 Å². The molecule has 0 saturated carbocycles. The van der Waals surface area contributed by atoms with Crippen LogP contribution in [-0.4, -0.2) is 63.2 Å². The number of hydrogen-bond acceptors (Lipinski definition) is 4. The van der Waals surface area contributed by atoms with Gasteiger partial charge in [-0.1, -0.05) is 24.3 Å². The van der Waals surface area contributed by atoms with Gasteiger partial charge in [0.25, 0.3) is 0 Å². The van der Waals surface area contributed by atoms with Crippen LogP contribution in [0.3, 0.4) is 0 Å². The molecular formula is C25H32N2O3. The second-order valence-electron chi connectivity index (χ2n) is 8.50. The molecule has 5 heteroatoms. The Kier molecular flexibility index (Phi) is 6.28. The smallest absolute Gasteiger partial charge is 0.227 e. The average molecular weight is 409 g/mol. The van der Waals surface area contributed by atoms with Gasteiger partial charge >= 0.3 is 0 Å². The number of ether oxygens (including phenoxy) is 2. The van der Waals surface area contributed by atoms with E-state index in [0.717, 1.165) is 56.9 Å². The molecule has 1 atom stereocenters. The molecule has 0 spiro atoms. The zero-order valence-corrected chi connectivity index (χ0v) is 18.3. The molecule has 0 N–H and O–H groups in total. The van der Waals surface area contributed by atoms with Crippen molar-refractivity contribution in [3.8, 4) is 11.5 Å². The van der Waals surface area contributed by atoms with Crippen molar-refractivity contribution in [3.63, 3.8) is 0 Å². The number of carbonyl (C=O) groups excluding carboxylic acids is 1. The second-order valence-corrected chi connectivity index (χ2v) is 8.50. The van der Waals surface area contributed by atoms with Crippen molar-refractivity contribution in [1.82, 2.24) is 9.80 Å². The van der Waals surface area contributed by atoms with E-state index in [2.05, 4.69) is 42.3 Å². The Morgan fingerprint density at radius 2 is 1.80 bits per heavy atom. The second kappa shape index (κ2) is 9.09. The molecule has 160 valence electrons. The van der Waals surface area contributed by atoms with Gasteiger partial charge in [-0.3, -0.25) is 4.79 Å². The van der Waals surface area contributed by atoms with Crippen molar-refractivity contribution >= 4 is 5.91 Å². The van der Waals surface area contributed by atoms with E-state index >= 15 is 0 Å². The summed E-state index contributed by atoms with van der Waals surface area (Å²) in [7, 11) is 5.55. The molecule has 2 aromatic carbocycles. The molecule has 30 heavy (non-hydrogen) atoms. The summed E-state index contributed by atoms with van der Waals surface area (Å²) in [5.41, 5.74) is 5.25. The third-order valence-electron chi connectivity index (χ3n) is 6.52. The van der Waals surface area contributed by atoms with Crippen LogP contribution in [0.5, 0.6) is 11.5 Å². The van der Waals surface area contributed by atoms with E-state index < -0.39 is 0 Å². The standard InChI is InChI=1S/C25H32N2O3/c1-26(17-21-13-20-14-23(29-2)24(30-3)16-22(20)21)10-6-11-27-12-9-18-7-4-5-8-19(18)15-25(27)28/h4-5,7-8,14,16,21H,6,9-13,15,17H2,1-3H3. The fourth-order valence-electron chi connectivity index (χ4n) is 4.77. The van der Waals surface area contributed by atoms with E-state index in [-0.39, 0.29) is 5.91 Å². The fraction of sp³-hybridized carbons (Fsp3) is 0.480. The maximum atomic E-state index is 12.6. The van der Waals surface area contributed by atoms with E-state index in [1.807, 2.05) is 11.0 Å². The first-order valence-electron chi connectivity index (χ1n) is 10.9. The normalized spacial score (nSPS) is 17.8. The largest absolute Gasteiger partial charge is 0.493 e. The lowest BCUT2D eigenvalue weighted by molar-refractivity contribution is -0.130. The highest BCUT2D eigenvalue weighted by Gasteiger charge is 2.29. The Labute approximate surface area is 179 Å². The molecule has 0 radical (unpaired) electrons. The lowest BCUT2D eigenvalue weighted by atomic mass is 9.77. The van der Waals surface area contributed by atoms with Gasteiger partial charge in [-0.05, 0) is 67.2 Å². The molecular weight excluding hydrogens is 376 g/mol. The third-order valence-corrected chi connectivity index (χ3v) is 6.52. The number of hydrogen-bond donors (Lipinski definition) is 0. The summed E-state index contributed by atoms with van der Waals surface area (Å²) in [4.78, 5) is 17.1. The first-order valence-corrected chi connectivity index (χ1v) is 10.9. The zero-order valence-electron chi connectivity index (χ0n) is 18.3. The van der Waals surface area contributed by atoms with Crippen LogP contribution in [0, 0.1) is 0 Å². The van der Waals surface area contributed by atoms with Crippen molar-refractivity contribution < 1.29 is 14.3 Å². The van der Waals surface area contributed by atoms with E-state index in [1.165, 1.54) is 22.3 Å². The minimum Gasteiger partial charge on any atom is -0.493 e. The zero-order chi connectivity index (χ0) is 21.1. The van der Waals surface area contributed by atoms with Gasteiger partial charge in [-0.15, -0.1) is 0 Å². The van der Waals surface area contributed by atoms with Gasteiger partial charge in [0.15, 0.2) is 11.5 Å². The summed E-state index contributed by atoms with van der Waals surface area (Å²) in [6, 6.07) is 12.6. The van der Waals surface area contributed by atoms with Crippen LogP contribution < -0.4 is 9.47 Å².